The van der Waals surface area contributed by atoms with Crippen LogP contribution in [0.5, 0.6) is 0 Å². The summed E-state index contributed by atoms with van der Waals surface area (Å²) in [5.41, 5.74) is 0.437. The van der Waals surface area contributed by atoms with E-state index >= 15 is 0 Å². The van der Waals surface area contributed by atoms with E-state index in [4.69, 9.17) is 0 Å². The third kappa shape index (κ3) is 5.79. The van der Waals surface area contributed by atoms with Crippen molar-refractivity contribution in [3.8, 4) is 0 Å². The number of amides is 2. The van der Waals surface area contributed by atoms with Crippen molar-refractivity contribution in [3.63, 3.8) is 0 Å². The monoisotopic (exact) mass is 387 g/mol. The summed E-state index contributed by atoms with van der Waals surface area (Å²) in [6.07, 6.45) is 3.62. The molecule has 2 aromatic rings. The lowest BCUT2D eigenvalue weighted by atomic mass is 9.98. The number of hydrogen-bond acceptors (Lipinski definition) is 4. The molecule has 0 radical (unpaired) electrons. The lowest BCUT2D eigenvalue weighted by Gasteiger charge is -2.32. The molecule has 2 heterocycles. The van der Waals surface area contributed by atoms with Crippen molar-refractivity contribution in [2.24, 2.45) is 5.92 Å². The van der Waals surface area contributed by atoms with E-state index in [-0.39, 0.29) is 23.5 Å². The molecule has 1 aromatic carbocycles. The van der Waals surface area contributed by atoms with E-state index in [2.05, 4.69) is 10.3 Å². The number of aromatic nitrogens is 1. The highest BCUT2D eigenvalue weighted by Crippen LogP contribution is 2.19. The summed E-state index contributed by atoms with van der Waals surface area (Å²) in [7, 11) is 0. The Morgan fingerprint density at radius 1 is 1.22 bits per heavy atom. The second-order valence-electron chi connectivity index (χ2n) is 6.52. The van der Waals surface area contributed by atoms with Gasteiger partial charge in [0.1, 0.15) is 5.82 Å². The molecule has 1 aliphatic heterocycles. The van der Waals surface area contributed by atoms with E-state index in [1.54, 1.807) is 6.20 Å². The highest BCUT2D eigenvalue weighted by atomic mass is 32.2. The molecule has 1 saturated heterocycles. The maximum absolute atomic E-state index is 12.9. The molecule has 0 bridgehead atoms. The summed E-state index contributed by atoms with van der Waals surface area (Å²) in [4.78, 5) is 30.7. The van der Waals surface area contributed by atoms with Crippen molar-refractivity contribution < 1.29 is 14.0 Å². The first-order valence-corrected chi connectivity index (χ1v) is 9.96. The summed E-state index contributed by atoms with van der Waals surface area (Å²) >= 11 is 1.44. The molecule has 3 rings (SSSR count). The van der Waals surface area contributed by atoms with Crippen molar-refractivity contribution in [2.45, 2.75) is 17.9 Å². The van der Waals surface area contributed by atoms with Crippen LogP contribution in [0.15, 0.2) is 53.7 Å². The van der Waals surface area contributed by atoms with E-state index < -0.39 is 0 Å². The third-order valence-corrected chi connectivity index (χ3v) is 5.44. The molecule has 0 spiro atoms. The normalized spacial score (nSPS) is 16.8. The Hall–Kier alpha value is -2.41. The van der Waals surface area contributed by atoms with Crippen LogP contribution in [0.25, 0.3) is 0 Å². The first-order chi connectivity index (χ1) is 13.1. The molecule has 1 atom stereocenters. The summed E-state index contributed by atoms with van der Waals surface area (Å²) < 4.78 is 12.9. The lowest BCUT2D eigenvalue weighted by molar-refractivity contribution is -0.130. The number of pyridine rings is 1. The quantitative estimate of drug-likeness (QED) is 0.774. The van der Waals surface area contributed by atoms with Gasteiger partial charge in [0.05, 0.1) is 10.8 Å². The Bertz CT molecular complexity index is 771. The number of nitrogens with one attached hydrogen (secondary N) is 1. The Kier molecular flexibility index (Phi) is 6.81. The number of thioether (sulfide) groups is 1. The van der Waals surface area contributed by atoms with Gasteiger partial charge in [-0.3, -0.25) is 9.59 Å². The van der Waals surface area contributed by atoms with Crippen LogP contribution < -0.4 is 5.32 Å². The lowest BCUT2D eigenvalue weighted by Crippen LogP contribution is -2.44. The Morgan fingerprint density at radius 3 is 2.78 bits per heavy atom. The molecule has 1 N–H and O–H groups in total. The van der Waals surface area contributed by atoms with E-state index in [1.807, 2.05) is 23.1 Å². The van der Waals surface area contributed by atoms with Gasteiger partial charge in [0.25, 0.3) is 5.91 Å². The third-order valence-electron chi connectivity index (χ3n) is 4.51. The molecule has 27 heavy (non-hydrogen) atoms. The van der Waals surface area contributed by atoms with Crippen LogP contribution in [-0.2, 0) is 4.79 Å². The van der Waals surface area contributed by atoms with E-state index in [9.17, 15) is 14.0 Å². The molecule has 7 heteroatoms. The Balaban J connectivity index is 1.45. The molecular weight excluding hydrogens is 365 g/mol. The number of halogens is 1. The maximum Gasteiger partial charge on any atom is 0.251 e. The second-order valence-corrected chi connectivity index (χ2v) is 7.52. The van der Waals surface area contributed by atoms with Crippen molar-refractivity contribution in [1.82, 2.24) is 15.2 Å². The minimum atomic E-state index is -0.364. The van der Waals surface area contributed by atoms with Gasteiger partial charge in [-0.1, -0.05) is 17.8 Å². The molecule has 0 unspecified atom stereocenters. The van der Waals surface area contributed by atoms with E-state index in [0.717, 1.165) is 24.4 Å². The molecule has 142 valence electrons. The summed E-state index contributed by atoms with van der Waals surface area (Å²) in [6, 6.07) is 11.1. The predicted octanol–water partition coefficient (Wildman–Crippen LogP) is 2.98. The van der Waals surface area contributed by atoms with Crippen molar-refractivity contribution in [3.05, 3.63) is 60.0 Å². The van der Waals surface area contributed by atoms with E-state index in [0.29, 0.717) is 24.4 Å². The van der Waals surface area contributed by atoms with Gasteiger partial charge in [0.2, 0.25) is 5.91 Å². The minimum Gasteiger partial charge on any atom is -0.352 e. The summed E-state index contributed by atoms with van der Waals surface area (Å²) in [5.74, 6) is 0.110. The molecule has 1 aliphatic rings. The SMILES string of the molecule is O=C(NC[C@@H]1CCCN(C(=O)CSc2ccccn2)C1)c1ccc(F)cc1. The van der Waals surface area contributed by atoms with Gasteiger partial charge in [-0.2, -0.15) is 0 Å². The smallest absolute Gasteiger partial charge is 0.251 e. The fraction of sp³-hybridized carbons (Fsp3) is 0.350. The summed E-state index contributed by atoms with van der Waals surface area (Å²) in [5, 5.41) is 3.73. The minimum absolute atomic E-state index is 0.0974. The van der Waals surface area contributed by atoms with Gasteiger partial charge in [0, 0.05) is 31.4 Å². The van der Waals surface area contributed by atoms with Gasteiger partial charge in [-0.05, 0) is 55.2 Å². The first-order valence-electron chi connectivity index (χ1n) is 8.97. The number of nitrogens with zero attached hydrogens (tertiary/aromatic N) is 2. The fourth-order valence-electron chi connectivity index (χ4n) is 3.06. The number of hydrogen-bond donors (Lipinski definition) is 1. The Labute approximate surface area is 162 Å². The van der Waals surface area contributed by atoms with Gasteiger partial charge < -0.3 is 10.2 Å². The largest absolute Gasteiger partial charge is 0.352 e. The molecule has 5 nitrogen and oxygen atoms in total. The average molecular weight is 387 g/mol. The first kappa shape index (κ1) is 19.4. The number of carbonyl (C=O) groups excluding carboxylic acids is 2. The fourth-order valence-corrected chi connectivity index (χ4v) is 3.82. The number of likely N-dealkylation sites (tertiary alicyclic amines) is 1. The van der Waals surface area contributed by atoms with Gasteiger partial charge in [0.15, 0.2) is 0 Å². The van der Waals surface area contributed by atoms with E-state index in [1.165, 1.54) is 36.0 Å². The number of carbonyl (C=O) groups is 2. The molecule has 1 fully saturated rings. The van der Waals surface area contributed by atoms with Crippen LogP contribution in [0.3, 0.4) is 0 Å². The van der Waals surface area contributed by atoms with Crippen LogP contribution in [0.4, 0.5) is 4.39 Å². The van der Waals surface area contributed by atoms with Crippen molar-refractivity contribution in [2.75, 3.05) is 25.4 Å². The predicted molar refractivity (Wildman–Crippen MR) is 103 cm³/mol. The molecule has 2 amide bonds. The zero-order chi connectivity index (χ0) is 19.1. The van der Waals surface area contributed by atoms with Crippen LogP contribution in [0.2, 0.25) is 0 Å². The average Bonchev–Trinajstić information content (AvgIpc) is 2.71. The number of benzene rings is 1. The van der Waals surface area contributed by atoms with Gasteiger partial charge in [-0.25, -0.2) is 9.37 Å². The number of rotatable bonds is 6. The summed E-state index contributed by atoms with van der Waals surface area (Å²) in [6.45, 7) is 1.91. The molecule has 1 aromatic heterocycles. The Morgan fingerprint density at radius 2 is 2.04 bits per heavy atom. The second kappa shape index (κ2) is 9.50. The standard InChI is InChI=1S/C20H22FN3O2S/c21-17-8-6-16(7-9-17)20(26)23-12-15-4-3-11-24(13-15)19(25)14-27-18-5-1-2-10-22-18/h1-2,5-10,15H,3-4,11-14H2,(H,23,26)/t15-/m0/s1. The maximum atomic E-state index is 12.9. The van der Waals surface area contributed by atoms with Crippen molar-refractivity contribution in [1.29, 1.82) is 0 Å². The van der Waals surface area contributed by atoms with Crippen LogP contribution in [0, 0.1) is 11.7 Å². The topological polar surface area (TPSA) is 62.3 Å². The zero-order valence-electron chi connectivity index (χ0n) is 14.9. The molecular formula is C20H22FN3O2S. The van der Waals surface area contributed by atoms with Crippen LogP contribution in [0.1, 0.15) is 23.2 Å². The van der Waals surface area contributed by atoms with Crippen molar-refractivity contribution >= 4 is 23.6 Å². The van der Waals surface area contributed by atoms with Crippen LogP contribution >= 0.6 is 11.8 Å². The van der Waals surface area contributed by atoms with Gasteiger partial charge in [-0.15, -0.1) is 0 Å². The highest BCUT2D eigenvalue weighted by molar-refractivity contribution is 7.99. The molecule has 0 aliphatic carbocycles. The van der Waals surface area contributed by atoms with Crippen LogP contribution in [-0.4, -0.2) is 47.1 Å². The highest BCUT2D eigenvalue weighted by Gasteiger charge is 2.24. The number of piperidine rings is 1. The molecule has 0 saturated carbocycles. The zero-order valence-corrected chi connectivity index (χ0v) is 15.8. The van der Waals surface area contributed by atoms with Gasteiger partial charge >= 0.3 is 0 Å².